The van der Waals surface area contributed by atoms with Crippen molar-refractivity contribution in [1.82, 2.24) is 0 Å². The van der Waals surface area contributed by atoms with Gasteiger partial charge in [0.25, 0.3) is 0 Å². The molecule has 0 aliphatic heterocycles. The molecular weight excluding hydrogens is 480 g/mol. The Balaban J connectivity index is 1.42. The van der Waals surface area contributed by atoms with Crippen LogP contribution in [0.2, 0.25) is 0 Å². The van der Waals surface area contributed by atoms with Crippen LogP contribution in [0.5, 0.6) is 0 Å². The third-order valence-corrected chi connectivity index (χ3v) is 8.00. The third kappa shape index (κ3) is 3.94. The highest BCUT2D eigenvalue weighted by Crippen LogP contribution is 2.44. The van der Waals surface area contributed by atoms with Gasteiger partial charge in [0.2, 0.25) is 0 Å². The molecule has 0 fully saturated rings. The normalized spacial score (nSPS) is 11.2. The topological polar surface area (TPSA) is 0 Å². The van der Waals surface area contributed by atoms with Crippen molar-refractivity contribution in [2.45, 2.75) is 0 Å². The molecule has 0 heterocycles. The molecule has 0 saturated carbocycles. The second-order valence-electron chi connectivity index (χ2n) is 10.2. The predicted molar refractivity (Wildman–Crippen MR) is 175 cm³/mol. The van der Waals surface area contributed by atoms with E-state index in [1.807, 2.05) is 12.2 Å². The van der Waals surface area contributed by atoms with Gasteiger partial charge in [-0.2, -0.15) is 0 Å². The first-order chi connectivity index (χ1) is 19.7. The number of fused-ring (bicyclic) bond motifs is 3. The summed E-state index contributed by atoms with van der Waals surface area (Å²) < 4.78 is 0. The molecular formula is C40H28. The van der Waals surface area contributed by atoms with Gasteiger partial charge < -0.3 is 0 Å². The number of benzene rings is 7. The van der Waals surface area contributed by atoms with E-state index in [1.54, 1.807) is 0 Å². The van der Waals surface area contributed by atoms with Crippen molar-refractivity contribution >= 4 is 44.5 Å². The predicted octanol–water partition coefficient (Wildman–Crippen LogP) is 11.4. The van der Waals surface area contributed by atoms with Crippen LogP contribution in [-0.4, -0.2) is 0 Å². The summed E-state index contributed by atoms with van der Waals surface area (Å²) in [5.74, 6) is 0. The smallest absolute Gasteiger partial charge is 0.00264 e. The first-order valence-corrected chi connectivity index (χ1v) is 13.7. The van der Waals surface area contributed by atoms with Crippen LogP contribution in [0, 0.1) is 0 Å². The van der Waals surface area contributed by atoms with E-state index in [2.05, 4.69) is 147 Å². The minimum absolute atomic E-state index is 1.11. The Morgan fingerprint density at radius 3 is 1.30 bits per heavy atom. The summed E-state index contributed by atoms with van der Waals surface area (Å²) in [7, 11) is 0. The van der Waals surface area contributed by atoms with Crippen LogP contribution in [-0.2, 0) is 0 Å². The maximum absolute atomic E-state index is 4.26. The largest absolute Gasteiger partial charge is 0.0984 e. The lowest BCUT2D eigenvalue weighted by Crippen LogP contribution is -1.96. The fourth-order valence-corrected chi connectivity index (χ4v) is 6.07. The molecule has 0 aliphatic carbocycles. The van der Waals surface area contributed by atoms with Gasteiger partial charge in [0, 0.05) is 0 Å². The van der Waals surface area contributed by atoms with Crippen LogP contribution >= 0.6 is 0 Å². The fourth-order valence-electron chi connectivity index (χ4n) is 6.07. The minimum atomic E-state index is 1.11. The van der Waals surface area contributed by atoms with Crippen LogP contribution in [0.4, 0.5) is 0 Å². The van der Waals surface area contributed by atoms with Crippen molar-refractivity contribution in [1.29, 1.82) is 0 Å². The molecule has 0 aliphatic rings. The standard InChI is InChI=1S/C40H28/c1-3-35-36(4-2)40(34-24-20-28-12-6-8-14-32(28)26-34)38-16-10-9-15-37(38)39(35)30-21-17-29(18-22-30)33-23-19-27-11-5-7-13-31(27)25-33/h3-26H,1-2H2. The van der Waals surface area contributed by atoms with Gasteiger partial charge in [-0.1, -0.05) is 147 Å². The maximum atomic E-state index is 4.26. The molecule has 0 radical (unpaired) electrons. The lowest BCUT2D eigenvalue weighted by atomic mass is 9.83. The molecule has 0 nitrogen and oxygen atoms in total. The summed E-state index contributed by atoms with van der Waals surface area (Å²) in [6.07, 6.45) is 3.97. The van der Waals surface area contributed by atoms with E-state index in [0.29, 0.717) is 0 Å². The summed E-state index contributed by atoms with van der Waals surface area (Å²) in [6.45, 7) is 8.52. The van der Waals surface area contributed by atoms with Gasteiger partial charge in [-0.25, -0.2) is 0 Å². The Hall–Kier alpha value is -5.20. The van der Waals surface area contributed by atoms with Crippen molar-refractivity contribution in [3.63, 3.8) is 0 Å². The first kappa shape index (κ1) is 23.9. The Kier molecular flexibility index (Phi) is 5.87. The summed E-state index contributed by atoms with van der Waals surface area (Å²) in [4.78, 5) is 0. The Bertz CT molecular complexity index is 2070. The van der Waals surface area contributed by atoms with E-state index < -0.39 is 0 Å². The van der Waals surface area contributed by atoms with Gasteiger partial charge >= 0.3 is 0 Å². The van der Waals surface area contributed by atoms with Gasteiger partial charge in [-0.3, -0.25) is 0 Å². The highest BCUT2D eigenvalue weighted by molar-refractivity contribution is 6.12. The van der Waals surface area contributed by atoms with E-state index in [0.717, 1.165) is 11.1 Å². The molecule has 188 valence electrons. The molecule has 7 aromatic rings. The van der Waals surface area contributed by atoms with Gasteiger partial charge in [0.05, 0.1) is 0 Å². The molecule has 0 atom stereocenters. The Morgan fingerprint density at radius 1 is 0.350 bits per heavy atom. The number of hydrogen-bond acceptors (Lipinski definition) is 0. The molecule has 40 heavy (non-hydrogen) atoms. The highest BCUT2D eigenvalue weighted by atomic mass is 14.2. The van der Waals surface area contributed by atoms with Crippen LogP contribution in [0.25, 0.3) is 77.9 Å². The SMILES string of the molecule is C=Cc1c(C=C)c(-c2ccc3ccccc3c2)c2ccccc2c1-c1ccc(-c2ccc3ccccc3c2)cc1. The van der Waals surface area contributed by atoms with Gasteiger partial charge in [0.15, 0.2) is 0 Å². The van der Waals surface area contributed by atoms with Gasteiger partial charge in [-0.15, -0.1) is 0 Å². The van der Waals surface area contributed by atoms with E-state index in [9.17, 15) is 0 Å². The molecule has 0 amide bonds. The van der Waals surface area contributed by atoms with Crippen molar-refractivity contribution in [3.8, 4) is 33.4 Å². The summed E-state index contributed by atoms with van der Waals surface area (Å²) >= 11 is 0. The maximum Gasteiger partial charge on any atom is -0.00264 e. The zero-order valence-electron chi connectivity index (χ0n) is 22.3. The van der Waals surface area contributed by atoms with Crippen LogP contribution in [0.1, 0.15) is 11.1 Å². The number of rotatable bonds is 5. The van der Waals surface area contributed by atoms with Gasteiger partial charge in [-0.05, 0) is 89.0 Å². The average Bonchev–Trinajstić information content (AvgIpc) is 3.03. The third-order valence-electron chi connectivity index (χ3n) is 8.00. The summed E-state index contributed by atoms with van der Waals surface area (Å²) in [6, 6.07) is 48.0. The zero-order valence-corrected chi connectivity index (χ0v) is 22.3. The van der Waals surface area contributed by atoms with Gasteiger partial charge in [0.1, 0.15) is 0 Å². The molecule has 0 unspecified atom stereocenters. The van der Waals surface area contributed by atoms with Crippen LogP contribution in [0.3, 0.4) is 0 Å². The van der Waals surface area contributed by atoms with Crippen molar-refractivity contribution < 1.29 is 0 Å². The van der Waals surface area contributed by atoms with E-state index in [1.165, 1.54) is 65.7 Å². The van der Waals surface area contributed by atoms with Crippen LogP contribution < -0.4 is 0 Å². The molecule has 7 aromatic carbocycles. The summed E-state index contributed by atoms with van der Waals surface area (Å²) in [5, 5.41) is 7.41. The van der Waals surface area contributed by atoms with Crippen LogP contribution in [0.15, 0.2) is 147 Å². The average molecular weight is 509 g/mol. The Labute approximate surface area is 235 Å². The Morgan fingerprint density at radius 2 is 0.750 bits per heavy atom. The van der Waals surface area contributed by atoms with Crippen molar-refractivity contribution in [3.05, 3.63) is 158 Å². The minimum Gasteiger partial charge on any atom is -0.0984 e. The molecule has 0 saturated heterocycles. The van der Waals surface area contributed by atoms with Crippen molar-refractivity contribution in [2.24, 2.45) is 0 Å². The zero-order chi connectivity index (χ0) is 27.1. The quantitative estimate of drug-likeness (QED) is 0.217. The summed E-state index contributed by atoms with van der Waals surface area (Å²) in [5.41, 5.74) is 9.38. The molecule has 7 rings (SSSR count). The second-order valence-corrected chi connectivity index (χ2v) is 10.2. The monoisotopic (exact) mass is 508 g/mol. The first-order valence-electron chi connectivity index (χ1n) is 13.7. The molecule has 0 aromatic heterocycles. The molecule has 0 N–H and O–H groups in total. The lowest BCUT2D eigenvalue weighted by Gasteiger charge is -2.20. The molecule has 0 heteroatoms. The number of hydrogen-bond donors (Lipinski definition) is 0. The molecule has 0 spiro atoms. The molecule has 0 bridgehead atoms. The van der Waals surface area contributed by atoms with E-state index in [-0.39, 0.29) is 0 Å². The van der Waals surface area contributed by atoms with E-state index >= 15 is 0 Å². The lowest BCUT2D eigenvalue weighted by molar-refractivity contribution is 1.58. The van der Waals surface area contributed by atoms with Crippen molar-refractivity contribution in [2.75, 3.05) is 0 Å². The van der Waals surface area contributed by atoms with E-state index in [4.69, 9.17) is 0 Å². The fraction of sp³-hybridized carbons (Fsp3) is 0. The second kappa shape index (κ2) is 9.84. The highest BCUT2D eigenvalue weighted by Gasteiger charge is 2.19.